The van der Waals surface area contributed by atoms with Crippen molar-refractivity contribution in [3.8, 4) is 0 Å². The van der Waals surface area contributed by atoms with Gasteiger partial charge in [0.1, 0.15) is 11.4 Å². The van der Waals surface area contributed by atoms with Crippen LogP contribution in [0.2, 0.25) is 0 Å². The molecule has 58 valence electrons. The van der Waals surface area contributed by atoms with Gasteiger partial charge < -0.3 is 14.1 Å². The normalized spacial score (nSPS) is 10.6. The fourth-order valence-corrected chi connectivity index (χ4v) is 0.679. The summed E-state index contributed by atoms with van der Waals surface area (Å²) in [5.74, 6) is 0. The Kier molecular flexibility index (Phi) is 12.4. The van der Waals surface area contributed by atoms with Gasteiger partial charge >= 0.3 is 51.4 Å². The maximum atomic E-state index is 9.80. The average molecular weight is 219 g/mol. The van der Waals surface area contributed by atoms with E-state index < -0.39 is 11.4 Å². The van der Waals surface area contributed by atoms with Gasteiger partial charge in [0.05, 0.1) is 0 Å². The van der Waals surface area contributed by atoms with E-state index in [4.69, 9.17) is 0 Å². The van der Waals surface area contributed by atoms with E-state index in [2.05, 4.69) is 28.3 Å². The molecule has 0 aromatic rings. The third-order valence-electron chi connectivity index (χ3n) is 0.534. The molecular weight excluding hydrogens is 213 g/mol. The van der Waals surface area contributed by atoms with E-state index in [9.17, 15) is 8.76 Å². The molecule has 0 aliphatic rings. The first kappa shape index (κ1) is 14.7. The van der Waals surface area contributed by atoms with Crippen molar-refractivity contribution in [1.82, 2.24) is 5.32 Å². The zero-order valence-corrected chi connectivity index (χ0v) is 10.8. The van der Waals surface area contributed by atoms with Gasteiger partial charge in [-0.2, -0.15) is 0 Å². The third kappa shape index (κ3) is 11.2. The molecule has 1 unspecified atom stereocenters. The van der Waals surface area contributed by atoms with Gasteiger partial charge in [-0.05, 0) is 12.2 Å². The summed E-state index contributed by atoms with van der Waals surface area (Å²) < 4.78 is 23.6. The molecule has 0 aliphatic carbocycles. The minimum Gasteiger partial charge on any atom is -0.740 e. The molecule has 0 saturated heterocycles. The summed E-state index contributed by atoms with van der Waals surface area (Å²) in [6.45, 7) is 3.77. The van der Waals surface area contributed by atoms with Crippen LogP contribution >= 0.6 is 12.2 Å². The summed E-state index contributed by atoms with van der Waals surface area (Å²) >= 11 is 1.83. The average Bonchev–Trinajstić information content (AvgIpc) is 1.82. The Morgan fingerprint density at radius 1 is 1.91 bits per heavy atom. The van der Waals surface area contributed by atoms with Crippen molar-refractivity contribution in [3.05, 3.63) is 12.7 Å². The van der Waals surface area contributed by atoms with Crippen LogP contribution in [0.3, 0.4) is 0 Å². The van der Waals surface area contributed by atoms with Gasteiger partial charge in [0.25, 0.3) is 5.17 Å². The largest absolute Gasteiger partial charge is 1.00 e. The molecule has 0 bridgehead atoms. The predicted octanol–water partition coefficient (Wildman–Crippen LogP) is -3.14. The van der Waals surface area contributed by atoms with Crippen LogP contribution in [0.1, 0.15) is 0 Å². The van der Waals surface area contributed by atoms with Crippen LogP contribution in [0.5, 0.6) is 0 Å². The van der Waals surface area contributed by atoms with Gasteiger partial charge in [-0.25, -0.2) is 4.21 Å². The standard InChI is InChI=1S/C4H7NO3S2.K/c1-2-3-5-4(9)8-10(6)7;/h2H,1,3H2,(H,5,9)(H,6,7);/q;+1/p-1. The predicted molar refractivity (Wildman–Crippen MR) is 40.8 cm³/mol. The van der Waals surface area contributed by atoms with Crippen LogP contribution in [-0.2, 0) is 15.5 Å². The van der Waals surface area contributed by atoms with Gasteiger partial charge in [0, 0.05) is 6.54 Å². The Hall–Kier alpha value is 1.18. The van der Waals surface area contributed by atoms with Gasteiger partial charge in [-0.1, -0.05) is 6.08 Å². The second-order valence-electron chi connectivity index (χ2n) is 1.24. The van der Waals surface area contributed by atoms with Crippen molar-refractivity contribution in [3.63, 3.8) is 0 Å². The first-order valence-corrected chi connectivity index (χ1v) is 3.74. The first-order valence-electron chi connectivity index (χ1n) is 2.33. The van der Waals surface area contributed by atoms with Crippen LogP contribution in [0.4, 0.5) is 0 Å². The second kappa shape index (κ2) is 9.27. The van der Waals surface area contributed by atoms with Crippen molar-refractivity contribution in [2.75, 3.05) is 6.54 Å². The van der Waals surface area contributed by atoms with Crippen molar-refractivity contribution in [2.24, 2.45) is 0 Å². The molecule has 4 nitrogen and oxygen atoms in total. The molecule has 0 aromatic carbocycles. The maximum absolute atomic E-state index is 9.80. The maximum Gasteiger partial charge on any atom is 1.00 e. The molecular formula is C4H6KNO3S2. The fraction of sp³-hybridized carbons (Fsp3) is 0.250. The van der Waals surface area contributed by atoms with Crippen LogP contribution in [-0.4, -0.2) is 20.5 Å². The molecule has 1 N–H and O–H groups in total. The Bertz CT molecular complexity index is 163. The van der Waals surface area contributed by atoms with Crippen LogP contribution < -0.4 is 56.7 Å². The summed E-state index contributed by atoms with van der Waals surface area (Å²) in [5, 5.41) is 2.29. The molecule has 0 amide bonds. The monoisotopic (exact) mass is 219 g/mol. The quantitative estimate of drug-likeness (QED) is 0.235. The van der Waals surface area contributed by atoms with Gasteiger partial charge in [0.15, 0.2) is 0 Å². The molecule has 7 heteroatoms. The first-order chi connectivity index (χ1) is 4.66. The van der Waals surface area contributed by atoms with Crippen molar-refractivity contribution in [1.29, 1.82) is 0 Å². The molecule has 0 rings (SSSR count). The summed E-state index contributed by atoms with van der Waals surface area (Å²) in [7, 11) is 0. The minimum atomic E-state index is -2.59. The Morgan fingerprint density at radius 2 is 2.45 bits per heavy atom. The van der Waals surface area contributed by atoms with Crippen molar-refractivity contribution in [2.45, 2.75) is 0 Å². The van der Waals surface area contributed by atoms with Crippen LogP contribution in [0.15, 0.2) is 12.7 Å². The molecule has 0 aliphatic heterocycles. The summed E-state index contributed by atoms with van der Waals surface area (Å²) in [5.41, 5.74) is 0. The van der Waals surface area contributed by atoms with Gasteiger partial charge in [0.2, 0.25) is 0 Å². The van der Waals surface area contributed by atoms with E-state index in [1.807, 2.05) is 0 Å². The topological polar surface area (TPSA) is 61.4 Å². The Morgan fingerprint density at radius 3 is 2.82 bits per heavy atom. The van der Waals surface area contributed by atoms with E-state index in [-0.39, 0.29) is 56.6 Å². The molecule has 0 spiro atoms. The molecule has 0 radical (unpaired) electrons. The summed E-state index contributed by atoms with van der Waals surface area (Å²) in [6, 6.07) is 0. The second-order valence-corrected chi connectivity index (χ2v) is 2.19. The van der Waals surface area contributed by atoms with E-state index >= 15 is 0 Å². The molecule has 11 heavy (non-hydrogen) atoms. The molecule has 0 saturated carbocycles. The van der Waals surface area contributed by atoms with E-state index in [1.165, 1.54) is 6.08 Å². The number of nitrogens with one attached hydrogen (secondary N) is 1. The van der Waals surface area contributed by atoms with Gasteiger partial charge in [-0.3, -0.25) is 0 Å². The Balaban J connectivity index is 0. The third-order valence-corrected chi connectivity index (χ3v) is 1.17. The fourth-order valence-electron chi connectivity index (χ4n) is 0.247. The van der Waals surface area contributed by atoms with E-state index in [0.717, 1.165) is 0 Å². The van der Waals surface area contributed by atoms with E-state index in [0.29, 0.717) is 6.54 Å². The van der Waals surface area contributed by atoms with Crippen LogP contribution in [0.25, 0.3) is 0 Å². The zero-order chi connectivity index (χ0) is 7.98. The molecule has 0 aromatic heterocycles. The van der Waals surface area contributed by atoms with Crippen LogP contribution in [0, 0.1) is 0 Å². The number of hydrogen-bond acceptors (Lipinski definition) is 4. The molecule has 1 atom stereocenters. The minimum absolute atomic E-state index is 0. The van der Waals surface area contributed by atoms with Crippen molar-refractivity contribution < 1.29 is 64.3 Å². The molecule has 0 fully saturated rings. The number of rotatable bonds is 3. The van der Waals surface area contributed by atoms with Crippen molar-refractivity contribution >= 4 is 28.8 Å². The smallest absolute Gasteiger partial charge is 0.740 e. The SMILES string of the molecule is C=CCNC(=S)OS(=O)[O-].[K+]. The molecule has 0 heterocycles. The van der Waals surface area contributed by atoms with E-state index in [1.54, 1.807) is 0 Å². The number of hydrogen-bond donors (Lipinski definition) is 1. The van der Waals surface area contributed by atoms with Gasteiger partial charge in [-0.15, -0.1) is 6.58 Å². The Labute approximate surface area is 116 Å². The zero-order valence-electron chi connectivity index (χ0n) is 6.03. The number of thiocarbonyl (C=S) groups is 1. The summed E-state index contributed by atoms with van der Waals surface area (Å²) in [4.78, 5) is 0. The summed E-state index contributed by atoms with van der Waals surface area (Å²) in [6.07, 6.45) is 1.53.